The van der Waals surface area contributed by atoms with Crippen LogP contribution in [0.15, 0.2) is 78.9 Å². The number of hydrogen-bond donors (Lipinski definition) is 1. The van der Waals surface area contributed by atoms with Crippen LogP contribution in [0.4, 0.5) is 5.69 Å². The molecule has 1 N–H and O–H groups in total. The average Bonchev–Trinajstić information content (AvgIpc) is 2.94. The third-order valence-corrected chi connectivity index (χ3v) is 8.50. The highest BCUT2D eigenvalue weighted by Gasteiger charge is 2.31. The van der Waals surface area contributed by atoms with Crippen molar-refractivity contribution in [1.82, 2.24) is 10.2 Å². The number of hydrogen-bond acceptors (Lipinski definition) is 4. The highest BCUT2D eigenvalue weighted by atomic mass is 35.5. The monoisotopic (exact) mass is 617 g/mol. The fourth-order valence-corrected chi connectivity index (χ4v) is 5.61. The predicted octanol–water partition coefficient (Wildman–Crippen LogP) is 6.09. The Hall–Kier alpha value is -3.07. The van der Waals surface area contributed by atoms with Crippen molar-refractivity contribution >= 4 is 50.7 Å². The lowest BCUT2D eigenvalue weighted by atomic mass is 10.0. The Morgan fingerprint density at radius 3 is 2.02 bits per heavy atom. The summed E-state index contributed by atoms with van der Waals surface area (Å²) in [4.78, 5) is 29.1. The molecular formula is C31H37Cl2N3O4S. The van der Waals surface area contributed by atoms with Crippen molar-refractivity contribution < 1.29 is 18.0 Å². The molecule has 0 aromatic heterocycles. The minimum absolute atomic E-state index is 0.0507. The maximum Gasteiger partial charge on any atom is 0.243 e. The van der Waals surface area contributed by atoms with E-state index in [0.717, 1.165) is 23.8 Å². The summed E-state index contributed by atoms with van der Waals surface area (Å²) in [5, 5.41) is 4.12. The fourth-order valence-electron chi connectivity index (χ4n) is 4.39. The quantitative estimate of drug-likeness (QED) is 0.237. The van der Waals surface area contributed by atoms with Crippen LogP contribution in [0.5, 0.6) is 0 Å². The van der Waals surface area contributed by atoms with Crippen LogP contribution in [0.1, 0.15) is 44.2 Å². The van der Waals surface area contributed by atoms with E-state index in [2.05, 4.69) is 5.32 Å². The van der Waals surface area contributed by atoms with Gasteiger partial charge in [-0.25, -0.2) is 8.42 Å². The zero-order chi connectivity index (χ0) is 30.0. The van der Waals surface area contributed by atoms with Crippen LogP contribution in [0.25, 0.3) is 0 Å². The van der Waals surface area contributed by atoms with Gasteiger partial charge in [0.25, 0.3) is 0 Å². The lowest BCUT2D eigenvalue weighted by Gasteiger charge is -2.32. The predicted molar refractivity (Wildman–Crippen MR) is 167 cm³/mol. The molecule has 0 bridgehead atoms. The van der Waals surface area contributed by atoms with Crippen molar-refractivity contribution in [3.8, 4) is 0 Å². The number of halogens is 2. The molecule has 220 valence electrons. The van der Waals surface area contributed by atoms with Gasteiger partial charge in [-0.2, -0.15) is 0 Å². The summed E-state index contributed by atoms with van der Waals surface area (Å²) in [7, 11) is -3.60. The Bertz CT molecular complexity index is 1390. The second-order valence-corrected chi connectivity index (χ2v) is 12.9. The molecule has 41 heavy (non-hydrogen) atoms. The standard InChI is InChI=1S/C31H37Cl2N3O4S/c1-4-23(2)34-31(38)29(21-24-9-6-5-7-10-24)35(22-25-12-14-26(32)15-13-25)30(37)11-8-20-36(41(3,39)40)28-18-16-27(33)17-19-28/h5-7,9-10,12-19,23,29H,4,8,11,20-22H2,1-3H3,(H,34,38)/t23-,29-/m0/s1. The number of sulfonamides is 1. The number of anilines is 1. The summed E-state index contributed by atoms with van der Waals surface area (Å²) in [6, 6.07) is 22.4. The van der Waals surface area contributed by atoms with E-state index in [0.29, 0.717) is 22.2 Å². The van der Waals surface area contributed by atoms with Crippen molar-refractivity contribution in [1.29, 1.82) is 0 Å². The zero-order valence-electron chi connectivity index (χ0n) is 23.6. The first kappa shape index (κ1) is 32.4. The highest BCUT2D eigenvalue weighted by molar-refractivity contribution is 7.92. The summed E-state index contributed by atoms with van der Waals surface area (Å²) in [6.07, 6.45) is 2.53. The van der Waals surface area contributed by atoms with Crippen LogP contribution in [0, 0.1) is 0 Å². The number of benzene rings is 3. The van der Waals surface area contributed by atoms with Crippen molar-refractivity contribution in [2.24, 2.45) is 0 Å². The van der Waals surface area contributed by atoms with Crippen LogP contribution >= 0.6 is 23.2 Å². The van der Waals surface area contributed by atoms with E-state index < -0.39 is 16.1 Å². The van der Waals surface area contributed by atoms with Gasteiger partial charge in [-0.15, -0.1) is 0 Å². The van der Waals surface area contributed by atoms with Crippen molar-refractivity contribution in [3.63, 3.8) is 0 Å². The molecule has 10 heteroatoms. The Morgan fingerprint density at radius 2 is 1.46 bits per heavy atom. The highest BCUT2D eigenvalue weighted by Crippen LogP contribution is 2.22. The summed E-state index contributed by atoms with van der Waals surface area (Å²) >= 11 is 12.1. The minimum Gasteiger partial charge on any atom is -0.352 e. The van der Waals surface area contributed by atoms with Crippen LogP contribution < -0.4 is 9.62 Å². The minimum atomic E-state index is -3.60. The lowest BCUT2D eigenvalue weighted by molar-refractivity contribution is -0.141. The number of amides is 2. The normalized spacial score (nSPS) is 12.8. The van der Waals surface area contributed by atoms with E-state index in [-0.39, 0.29) is 43.8 Å². The topological polar surface area (TPSA) is 86.8 Å². The van der Waals surface area contributed by atoms with Gasteiger partial charge in [0.1, 0.15) is 6.04 Å². The smallest absolute Gasteiger partial charge is 0.243 e. The van der Waals surface area contributed by atoms with Gasteiger partial charge in [0, 0.05) is 42.0 Å². The average molecular weight is 619 g/mol. The van der Waals surface area contributed by atoms with Gasteiger partial charge in [-0.05, 0) is 67.3 Å². The van der Waals surface area contributed by atoms with Crippen molar-refractivity contribution in [2.45, 2.75) is 58.2 Å². The van der Waals surface area contributed by atoms with Gasteiger partial charge >= 0.3 is 0 Å². The number of carbonyl (C=O) groups excluding carboxylic acids is 2. The number of nitrogens with one attached hydrogen (secondary N) is 1. The van der Waals surface area contributed by atoms with Crippen LogP contribution in [-0.4, -0.2) is 50.0 Å². The van der Waals surface area contributed by atoms with Gasteiger partial charge in [0.15, 0.2) is 0 Å². The van der Waals surface area contributed by atoms with Crippen LogP contribution in [-0.2, 0) is 32.6 Å². The summed E-state index contributed by atoms with van der Waals surface area (Å²) in [5.74, 6) is -0.478. The van der Waals surface area contributed by atoms with Gasteiger partial charge in [0.2, 0.25) is 21.8 Å². The molecule has 3 aromatic carbocycles. The number of rotatable bonds is 14. The van der Waals surface area contributed by atoms with Gasteiger partial charge in [0.05, 0.1) is 11.9 Å². The molecular weight excluding hydrogens is 581 g/mol. The summed E-state index contributed by atoms with van der Waals surface area (Å²) in [6.45, 7) is 4.22. The first-order valence-electron chi connectivity index (χ1n) is 13.6. The van der Waals surface area contributed by atoms with Crippen molar-refractivity contribution in [2.75, 3.05) is 17.1 Å². The summed E-state index contributed by atoms with van der Waals surface area (Å²) < 4.78 is 26.4. The molecule has 0 aliphatic rings. The van der Waals surface area contributed by atoms with E-state index in [1.807, 2.05) is 56.3 Å². The first-order chi connectivity index (χ1) is 19.5. The third-order valence-electron chi connectivity index (χ3n) is 6.81. The van der Waals surface area contributed by atoms with E-state index >= 15 is 0 Å². The molecule has 3 rings (SSSR count). The molecule has 0 fully saturated rings. The molecule has 0 saturated heterocycles. The Labute approximate surface area is 253 Å². The van der Waals surface area contributed by atoms with E-state index in [1.165, 1.54) is 4.31 Å². The fraction of sp³-hybridized carbons (Fsp3) is 0.355. The third kappa shape index (κ3) is 10.1. The Morgan fingerprint density at radius 1 is 0.878 bits per heavy atom. The molecule has 0 unspecified atom stereocenters. The molecule has 0 heterocycles. The molecule has 0 saturated carbocycles. The maximum absolute atomic E-state index is 13.9. The van der Waals surface area contributed by atoms with E-state index in [9.17, 15) is 18.0 Å². The molecule has 0 aliphatic carbocycles. The molecule has 0 spiro atoms. The molecule has 2 atom stereocenters. The molecule has 0 radical (unpaired) electrons. The van der Waals surface area contributed by atoms with E-state index in [1.54, 1.807) is 41.3 Å². The van der Waals surface area contributed by atoms with Gasteiger partial charge < -0.3 is 10.2 Å². The Balaban J connectivity index is 1.88. The number of nitrogens with zero attached hydrogens (tertiary/aromatic N) is 2. The lowest BCUT2D eigenvalue weighted by Crippen LogP contribution is -2.52. The second kappa shape index (κ2) is 15.2. The number of carbonyl (C=O) groups is 2. The molecule has 3 aromatic rings. The van der Waals surface area contributed by atoms with Crippen molar-refractivity contribution in [3.05, 3.63) is 100 Å². The summed E-state index contributed by atoms with van der Waals surface area (Å²) in [5.41, 5.74) is 2.23. The molecule has 7 nitrogen and oxygen atoms in total. The first-order valence-corrected chi connectivity index (χ1v) is 16.2. The van der Waals surface area contributed by atoms with Crippen LogP contribution in [0.2, 0.25) is 10.0 Å². The van der Waals surface area contributed by atoms with Gasteiger partial charge in [-0.3, -0.25) is 13.9 Å². The van der Waals surface area contributed by atoms with Crippen LogP contribution in [0.3, 0.4) is 0 Å². The maximum atomic E-state index is 13.9. The second-order valence-electron chi connectivity index (χ2n) is 10.1. The van der Waals surface area contributed by atoms with Gasteiger partial charge in [-0.1, -0.05) is 72.6 Å². The molecule has 0 aliphatic heterocycles. The zero-order valence-corrected chi connectivity index (χ0v) is 25.9. The SMILES string of the molecule is CC[C@H](C)NC(=O)[C@H](Cc1ccccc1)N(Cc1ccc(Cl)cc1)C(=O)CCCN(c1ccc(Cl)cc1)S(C)(=O)=O. The Kier molecular flexibility index (Phi) is 12.1. The van der Waals surface area contributed by atoms with E-state index in [4.69, 9.17) is 23.2 Å². The largest absolute Gasteiger partial charge is 0.352 e. The molecule has 2 amide bonds.